The van der Waals surface area contributed by atoms with E-state index in [0.29, 0.717) is 12.2 Å². The molecule has 2 aromatic rings. The summed E-state index contributed by atoms with van der Waals surface area (Å²) in [6.45, 7) is 0.502. The van der Waals surface area contributed by atoms with Crippen LogP contribution in [0.4, 0.5) is 0 Å². The minimum Gasteiger partial charge on any atom is -0.489 e. The maximum Gasteiger partial charge on any atom is 0.159 e. The van der Waals surface area contributed by atoms with Crippen molar-refractivity contribution in [1.29, 1.82) is 0 Å². The van der Waals surface area contributed by atoms with Gasteiger partial charge < -0.3 is 9.84 Å². The fraction of sp³-hybridized carbons (Fsp3) is 0.167. The van der Waals surface area contributed by atoms with Crippen LogP contribution in [-0.2, 0) is 11.4 Å². The van der Waals surface area contributed by atoms with Crippen LogP contribution in [0.25, 0.3) is 0 Å². The Labute approximate surface area is 143 Å². The number of halogens is 1. The molecule has 0 spiro atoms. The van der Waals surface area contributed by atoms with Gasteiger partial charge in [0.2, 0.25) is 0 Å². The Morgan fingerprint density at radius 1 is 1.14 bits per heavy atom. The van der Waals surface area contributed by atoms with Gasteiger partial charge in [0.05, 0.1) is 6.10 Å². The second-order valence-corrected chi connectivity index (χ2v) is 5.54. The first-order chi connectivity index (χ1) is 10.7. The van der Waals surface area contributed by atoms with E-state index in [4.69, 9.17) is 4.74 Å². The normalized spacial score (nSPS) is 12.3. The molecule has 2 aromatic carbocycles. The molecule has 0 amide bonds. The number of hydrogen-bond acceptors (Lipinski definition) is 3. The molecule has 0 aromatic heterocycles. The van der Waals surface area contributed by atoms with E-state index in [9.17, 15) is 9.90 Å². The molecule has 0 fully saturated rings. The number of ketones is 1. The number of benzene rings is 2. The number of aliphatic hydroxyl groups excluding tert-OH is 1. The summed E-state index contributed by atoms with van der Waals surface area (Å²) in [7, 11) is 0. The highest BCUT2D eigenvalue weighted by Crippen LogP contribution is 2.21. The van der Waals surface area contributed by atoms with Crippen molar-refractivity contribution >= 4 is 28.4 Å². The van der Waals surface area contributed by atoms with Crippen LogP contribution in [0.3, 0.4) is 0 Å². The number of rotatable bonds is 7. The van der Waals surface area contributed by atoms with Gasteiger partial charge in [0.1, 0.15) is 12.4 Å². The molecule has 0 saturated heterocycles. The van der Waals surface area contributed by atoms with Gasteiger partial charge in [-0.15, -0.1) is 0 Å². The van der Waals surface area contributed by atoms with E-state index in [1.165, 1.54) is 6.08 Å². The topological polar surface area (TPSA) is 46.5 Å². The van der Waals surface area contributed by atoms with Gasteiger partial charge in [-0.25, -0.2) is 0 Å². The lowest BCUT2D eigenvalue weighted by molar-refractivity contribution is -0.116. The highest BCUT2D eigenvalue weighted by Gasteiger charge is 2.11. The summed E-state index contributed by atoms with van der Waals surface area (Å²) in [5.74, 6) is 0.643. The lowest BCUT2D eigenvalue weighted by Crippen LogP contribution is -2.04. The second-order valence-electron chi connectivity index (χ2n) is 4.82. The molecule has 4 heteroatoms. The standard InChI is InChI=1S/C18H17IO3/c19-11-10-16(20)12-18(21)15-6-8-17(9-7-15)22-13-14-4-2-1-3-5-14/h1-11,18,21H,12-13H2/b11-10+. The van der Waals surface area contributed by atoms with Crippen LogP contribution in [0.5, 0.6) is 5.75 Å². The molecule has 0 bridgehead atoms. The number of carbonyl (C=O) groups excluding carboxylic acids is 1. The van der Waals surface area contributed by atoms with Crippen LogP contribution >= 0.6 is 22.6 Å². The van der Waals surface area contributed by atoms with Crippen LogP contribution in [0.15, 0.2) is 64.8 Å². The third-order valence-electron chi connectivity index (χ3n) is 3.16. The summed E-state index contributed by atoms with van der Waals surface area (Å²) < 4.78 is 7.33. The van der Waals surface area contributed by atoms with Crippen molar-refractivity contribution in [3.8, 4) is 5.75 Å². The van der Waals surface area contributed by atoms with Crippen LogP contribution in [-0.4, -0.2) is 10.9 Å². The first-order valence-corrected chi connectivity index (χ1v) is 8.18. The SMILES string of the molecule is O=C(/C=C/I)CC(O)c1ccc(OCc2ccccc2)cc1. The average Bonchev–Trinajstić information content (AvgIpc) is 2.54. The molecule has 0 saturated carbocycles. The molecule has 0 radical (unpaired) electrons. The van der Waals surface area contributed by atoms with E-state index in [2.05, 4.69) is 0 Å². The molecule has 0 aliphatic carbocycles. The number of hydrogen-bond donors (Lipinski definition) is 1. The Bertz CT molecular complexity index is 621. The fourth-order valence-electron chi connectivity index (χ4n) is 1.97. The summed E-state index contributed by atoms with van der Waals surface area (Å²) in [6, 6.07) is 17.1. The van der Waals surface area contributed by atoms with Crippen molar-refractivity contribution in [1.82, 2.24) is 0 Å². The average molecular weight is 408 g/mol. The number of aliphatic hydroxyl groups is 1. The Hall–Kier alpha value is -1.66. The predicted octanol–water partition coefficient (Wildman–Crippen LogP) is 4.21. The Morgan fingerprint density at radius 2 is 1.82 bits per heavy atom. The summed E-state index contributed by atoms with van der Waals surface area (Å²) in [5.41, 5.74) is 1.81. The molecule has 1 atom stereocenters. The molecule has 1 N–H and O–H groups in total. The van der Waals surface area contributed by atoms with Crippen molar-refractivity contribution in [2.24, 2.45) is 0 Å². The van der Waals surface area contributed by atoms with E-state index >= 15 is 0 Å². The Balaban J connectivity index is 1.91. The Kier molecular flexibility index (Phi) is 6.61. The molecule has 114 valence electrons. The predicted molar refractivity (Wildman–Crippen MR) is 95.0 cm³/mol. The van der Waals surface area contributed by atoms with Gasteiger partial charge in [-0.3, -0.25) is 4.79 Å². The van der Waals surface area contributed by atoms with E-state index in [0.717, 1.165) is 11.3 Å². The van der Waals surface area contributed by atoms with Gasteiger partial charge in [-0.2, -0.15) is 0 Å². The minimum atomic E-state index is -0.789. The largest absolute Gasteiger partial charge is 0.489 e. The molecule has 0 aliphatic rings. The highest BCUT2D eigenvalue weighted by atomic mass is 127. The van der Waals surface area contributed by atoms with Crippen LogP contribution < -0.4 is 4.74 Å². The van der Waals surface area contributed by atoms with Gasteiger partial charge >= 0.3 is 0 Å². The van der Waals surface area contributed by atoms with Crippen LogP contribution in [0.2, 0.25) is 0 Å². The fourth-order valence-corrected chi connectivity index (χ4v) is 2.37. The van der Waals surface area contributed by atoms with Crippen molar-refractivity contribution in [2.45, 2.75) is 19.1 Å². The maximum atomic E-state index is 11.5. The van der Waals surface area contributed by atoms with E-state index in [1.54, 1.807) is 28.3 Å². The van der Waals surface area contributed by atoms with Gasteiger partial charge in [0.15, 0.2) is 5.78 Å². The second kappa shape index (κ2) is 8.70. The van der Waals surface area contributed by atoms with E-state index in [1.807, 2.05) is 52.9 Å². The summed E-state index contributed by atoms with van der Waals surface area (Å²) in [6.07, 6.45) is 0.758. The van der Waals surface area contributed by atoms with E-state index in [-0.39, 0.29) is 12.2 Å². The molecule has 0 heterocycles. The minimum absolute atomic E-state index is 0.0870. The molecule has 2 rings (SSSR count). The molecule has 1 unspecified atom stereocenters. The van der Waals surface area contributed by atoms with E-state index < -0.39 is 6.10 Å². The molecule has 0 aliphatic heterocycles. The van der Waals surface area contributed by atoms with Gasteiger partial charge in [0, 0.05) is 6.42 Å². The van der Waals surface area contributed by atoms with Crippen LogP contribution in [0, 0.1) is 0 Å². The number of ether oxygens (including phenoxy) is 1. The maximum absolute atomic E-state index is 11.5. The summed E-state index contributed by atoms with van der Waals surface area (Å²) in [5, 5.41) is 10.0. The highest BCUT2D eigenvalue weighted by molar-refractivity contribution is 14.1. The third kappa shape index (κ3) is 5.27. The first kappa shape index (κ1) is 16.7. The zero-order valence-electron chi connectivity index (χ0n) is 12.0. The van der Waals surface area contributed by atoms with Crippen molar-refractivity contribution < 1.29 is 14.6 Å². The molecule has 3 nitrogen and oxygen atoms in total. The number of carbonyl (C=O) groups is 1. The zero-order valence-corrected chi connectivity index (χ0v) is 14.1. The Morgan fingerprint density at radius 3 is 2.45 bits per heavy atom. The summed E-state index contributed by atoms with van der Waals surface area (Å²) >= 11 is 1.98. The first-order valence-electron chi connectivity index (χ1n) is 6.93. The van der Waals surface area contributed by atoms with Gasteiger partial charge in [0.25, 0.3) is 0 Å². The molecular formula is C18H17IO3. The molecular weight excluding hydrogens is 391 g/mol. The summed E-state index contributed by atoms with van der Waals surface area (Å²) in [4.78, 5) is 11.5. The zero-order chi connectivity index (χ0) is 15.8. The van der Waals surface area contributed by atoms with Crippen molar-refractivity contribution in [3.05, 3.63) is 75.9 Å². The van der Waals surface area contributed by atoms with Crippen LogP contribution in [0.1, 0.15) is 23.7 Å². The monoisotopic (exact) mass is 408 g/mol. The lowest BCUT2D eigenvalue weighted by atomic mass is 10.0. The quantitative estimate of drug-likeness (QED) is 0.552. The smallest absolute Gasteiger partial charge is 0.159 e. The lowest BCUT2D eigenvalue weighted by Gasteiger charge is -2.11. The van der Waals surface area contributed by atoms with Gasteiger partial charge in [-0.1, -0.05) is 65.1 Å². The van der Waals surface area contributed by atoms with Gasteiger partial charge in [-0.05, 0) is 33.4 Å². The van der Waals surface area contributed by atoms with Crippen molar-refractivity contribution in [3.63, 3.8) is 0 Å². The van der Waals surface area contributed by atoms with Crippen molar-refractivity contribution in [2.75, 3.05) is 0 Å². The third-order valence-corrected chi connectivity index (χ3v) is 3.52. The molecule has 22 heavy (non-hydrogen) atoms. The number of allylic oxidation sites excluding steroid dienone is 1.